The first-order chi connectivity index (χ1) is 8.56. The summed E-state index contributed by atoms with van der Waals surface area (Å²) in [5.74, 6) is -0.192. The largest absolute Gasteiger partial charge is 0.508 e. The van der Waals surface area contributed by atoms with Gasteiger partial charge in [-0.05, 0) is 24.6 Å². The van der Waals surface area contributed by atoms with Crippen LogP contribution in [-0.2, 0) is 16.0 Å². The second-order valence-electron chi connectivity index (χ2n) is 3.93. The minimum absolute atomic E-state index is 0.0602. The zero-order chi connectivity index (χ0) is 13.5. The molecule has 0 heterocycles. The number of carbonyl (C=O) groups is 2. The Bertz CT molecular complexity index is 432. The van der Waals surface area contributed by atoms with Crippen molar-refractivity contribution in [1.82, 2.24) is 10.2 Å². The summed E-state index contributed by atoms with van der Waals surface area (Å²) in [7, 11) is 1.54. The maximum atomic E-state index is 12.0. The summed E-state index contributed by atoms with van der Waals surface area (Å²) in [5, 5.41) is 11.8. The van der Waals surface area contributed by atoms with Crippen LogP contribution in [-0.4, -0.2) is 42.0 Å². The minimum atomic E-state index is -0.193. The lowest BCUT2D eigenvalue weighted by atomic mass is 10.1. The van der Waals surface area contributed by atoms with Gasteiger partial charge in [0.05, 0.1) is 13.0 Å². The molecule has 2 N–H and O–H groups in total. The summed E-state index contributed by atoms with van der Waals surface area (Å²) >= 11 is 0. The molecule has 5 heteroatoms. The summed E-state index contributed by atoms with van der Waals surface area (Å²) in [4.78, 5) is 24.7. The first-order valence-electron chi connectivity index (χ1n) is 5.83. The molecule has 0 fully saturated rings. The monoisotopic (exact) mass is 250 g/mol. The fourth-order valence-corrected chi connectivity index (χ4v) is 1.58. The molecule has 1 rings (SSSR count). The van der Waals surface area contributed by atoms with Gasteiger partial charge in [0.2, 0.25) is 11.8 Å². The second-order valence-corrected chi connectivity index (χ2v) is 3.93. The molecule has 18 heavy (non-hydrogen) atoms. The molecule has 0 aliphatic heterocycles. The number of nitrogens with zero attached hydrogens (tertiary/aromatic N) is 1. The summed E-state index contributed by atoms with van der Waals surface area (Å²) in [6, 6.07) is 6.56. The highest BCUT2D eigenvalue weighted by atomic mass is 16.3. The maximum Gasteiger partial charge on any atom is 0.239 e. The van der Waals surface area contributed by atoms with Crippen LogP contribution in [0.25, 0.3) is 0 Å². The highest BCUT2D eigenvalue weighted by Crippen LogP contribution is 2.12. The molecule has 1 aromatic carbocycles. The number of hydrogen-bond acceptors (Lipinski definition) is 3. The summed E-state index contributed by atoms with van der Waals surface area (Å²) < 4.78 is 0. The molecule has 2 amide bonds. The van der Waals surface area contributed by atoms with Crippen LogP contribution in [0.5, 0.6) is 5.75 Å². The number of benzene rings is 1. The maximum absolute atomic E-state index is 12.0. The molecule has 1 aromatic rings. The molecule has 0 saturated carbocycles. The number of hydrogen-bond donors (Lipinski definition) is 2. The third kappa shape index (κ3) is 4.08. The van der Waals surface area contributed by atoms with Gasteiger partial charge in [0, 0.05) is 13.6 Å². The third-order valence-electron chi connectivity index (χ3n) is 2.61. The van der Waals surface area contributed by atoms with Crippen LogP contribution in [0.4, 0.5) is 0 Å². The van der Waals surface area contributed by atoms with Crippen molar-refractivity contribution in [3.8, 4) is 5.75 Å². The highest BCUT2D eigenvalue weighted by molar-refractivity contribution is 5.85. The Morgan fingerprint density at radius 3 is 2.67 bits per heavy atom. The van der Waals surface area contributed by atoms with Crippen LogP contribution in [0, 0.1) is 0 Å². The zero-order valence-corrected chi connectivity index (χ0v) is 10.6. The first kappa shape index (κ1) is 14.0. The number of likely N-dealkylation sites (N-methyl/N-ethyl adjacent to an activating group) is 2. The molecular weight excluding hydrogens is 232 g/mol. The standard InChI is InChI=1S/C13H18N2O3/c1-3-15(9-12(17)14-2)13(18)8-10-5-4-6-11(16)7-10/h4-7,16H,3,8-9H2,1-2H3,(H,14,17). The average molecular weight is 250 g/mol. The van der Waals surface area contributed by atoms with E-state index in [1.807, 2.05) is 6.92 Å². The SMILES string of the molecule is CCN(CC(=O)NC)C(=O)Cc1cccc(O)c1. The Morgan fingerprint density at radius 2 is 2.11 bits per heavy atom. The van der Waals surface area contributed by atoms with E-state index in [0.717, 1.165) is 5.56 Å². The van der Waals surface area contributed by atoms with Gasteiger partial charge in [-0.2, -0.15) is 0 Å². The number of amides is 2. The summed E-state index contributed by atoms with van der Waals surface area (Å²) in [5.41, 5.74) is 0.732. The van der Waals surface area contributed by atoms with Gasteiger partial charge in [-0.3, -0.25) is 9.59 Å². The Kier molecular flexibility index (Phi) is 5.17. The first-order valence-corrected chi connectivity index (χ1v) is 5.83. The molecule has 0 aliphatic carbocycles. The summed E-state index contributed by atoms with van der Waals surface area (Å²) in [6.07, 6.45) is 0.180. The molecule has 0 saturated heterocycles. The fourth-order valence-electron chi connectivity index (χ4n) is 1.58. The molecule has 0 aliphatic rings. The number of rotatable bonds is 5. The van der Waals surface area contributed by atoms with E-state index in [1.165, 1.54) is 11.9 Å². The van der Waals surface area contributed by atoms with E-state index in [2.05, 4.69) is 5.32 Å². The van der Waals surface area contributed by atoms with Crippen LogP contribution >= 0.6 is 0 Å². The molecule has 0 radical (unpaired) electrons. The van der Waals surface area contributed by atoms with Gasteiger partial charge in [-0.1, -0.05) is 12.1 Å². The smallest absolute Gasteiger partial charge is 0.239 e. The van der Waals surface area contributed by atoms with Crippen molar-refractivity contribution in [2.75, 3.05) is 20.1 Å². The van der Waals surface area contributed by atoms with Crippen molar-refractivity contribution < 1.29 is 14.7 Å². The van der Waals surface area contributed by atoms with Gasteiger partial charge in [-0.15, -0.1) is 0 Å². The molecule has 0 unspecified atom stereocenters. The quantitative estimate of drug-likeness (QED) is 0.801. The molecule has 98 valence electrons. The molecule has 0 bridgehead atoms. The van der Waals surface area contributed by atoms with E-state index in [0.29, 0.717) is 6.54 Å². The number of phenolic OH excluding ortho intramolecular Hbond substituents is 1. The Labute approximate surface area is 106 Å². The van der Waals surface area contributed by atoms with E-state index in [9.17, 15) is 14.7 Å². The lowest BCUT2D eigenvalue weighted by molar-refractivity contribution is -0.135. The van der Waals surface area contributed by atoms with E-state index < -0.39 is 0 Å². The van der Waals surface area contributed by atoms with E-state index >= 15 is 0 Å². The number of aromatic hydroxyl groups is 1. The normalized spacial score (nSPS) is 9.89. The van der Waals surface area contributed by atoms with Crippen LogP contribution < -0.4 is 5.32 Å². The lowest BCUT2D eigenvalue weighted by Crippen LogP contribution is -2.40. The zero-order valence-electron chi connectivity index (χ0n) is 10.6. The van der Waals surface area contributed by atoms with E-state index in [-0.39, 0.29) is 30.5 Å². The number of carbonyl (C=O) groups excluding carboxylic acids is 2. The van der Waals surface area contributed by atoms with Gasteiger partial charge in [0.25, 0.3) is 0 Å². The van der Waals surface area contributed by atoms with Crippen LogP contribution in [0.2, 0.25) is 0 Å². The molecule has 0 aromatic heterocycles. The van der Waals surface area contributed by atoms with Crippen LogP contribution in [0.3, 0.4) is 0 Å². The highest BCUT2D eigenvalue weighted by Gasteiger charge is 2.15. The van der Waals surface area contributed by atoms with Gasteiger partial charge in [0.1, 0.15) is 5.75 Å². The Balaban J connectivity index is 2.65. The fraction of sp³-hybridized carbons (Fsp3) is 0.385. The molecule has 5 nitrogen and oxygen atoms in total. The molecular formula is C13H18N2O3. The Hall–Kier alpha value is -2.04. The average Bonchev–Trinajstić information content (AvgIpc) is 2.35. The van der Waals surface area contributed by atoms with Crippen LogP contribution in [0.1, 0.15) is 12.5 Å². The van der Waals surface area contributed by atoms with Crippen molar-refractivity contribution in [3.63, 3.8) is 0 Å². The van der Waals surface area contributed by atoms with E-state index in [4.69, 9.17) is 0 Å². The number of phenols is 1. The second kappa shape index (κ2) is 6.64. The van der Waals surface area contributed by atoms with Gasteiger partial charge in [0.15, 0.2) is 0 Å². The predicted octanol–water partition coefficient (Wildman–Crippen LogP) is 0.529. The minimum Gasteiger partial charge on any atom is -0.508 e. The van der Waals surface area contributed by atoms with Crippen molar-refractivity contribution in [3.05, 3.63) is 29.8 Å². The summed E-state index contributed by atoms with van der Waals surface area (Å²) in [6.45, 7) is 2.36. The van der Waals surface area contributed by atoms with Gasteiger partial charge < -0.3 is 15.3 Å². The van der Waals surface area contributed by atoms with Crippen molar-refractivity contribution in [2.45, 2.75) is 13.3 Å². The van der Waals surface area contributed by atoms with Crippen molar-refractivity contribution >= 4 is 11.8 Å². The third-order valence-corrected chi connectivity index (χ3v) is 2.61. The number of nitrogens with one attached hydrogen (secondary N) is 1. The molecule has 0 spiro atoms. The lowest BCUT2D eigenvalue weighted by Gasteiger charge is -2.19. The van der Waals surface area contributed by atoms with Crippen molar-refractivity contribution in [2.24, 2.45) is 0 Å². The molecule has 0 atom stereocenters. The van der Waals surface area contributed by atoms with Gasteiger partial charge in [-0.25, -0.2) is 0 Å². The topological polar surface area (TPSA) is 69.6 Å². The van der Waals surface area contributed by atoms with Crippen molar-refractivity contribution in [1.29, 1.82) is 0 Å². The van der Waals surface area contributed by atoms with Crippen LogP contribution in [0.15, 0.2) is 24.3 Å². The van der Waals surface area contributed by atoms with E-state index in [1.54, 1.807) is 24.3 Å². The predicted molar refractivity (Wildman–Crippen MR) is 68.1 cm³/mol. The van der Waals surface area contributed by atoms with Gasteiger partial charge >= 0.3 is 0 Å². The Morgan fingerprint density at radius 1 is 1.39 bits per heavy atom.